The average Bonchev–Trinajstić information content (AvgIpc) is 3.44. The van der Waals surface area contributed by atoms with E-state index in [-0.39, 0.29) is 58.4 Å². The summed E-state index contributed by atoms with van der Waals surface area (Å²) in [5.74, 6) is -1.09. The number of aliphatic hydroxyl groups is 1. The highest BCUT2D eigenvalue weighted by molar-refractivity contribution is 7.89. The van der Waals surface area contributed by atoms with Crippen LogP contribution < -0.4 is 10.1 Å². The van der Waals surface area contributed by atoms with Crippen molar-refractivity contribution in [1.82, 2.24) is 14.2 Å². The number of nitrogens with zero attached hydrogens (tertiary/aromatic N) is 3. The number of halogens is 1. The zero-order valence-electron chi connectivity index (χ0n) is 23.7. The number of benzene rings is 3. The molecular weight excluding hydrogens is 612 g/mol. The Morgan fingerprint density at radius 1 is 1.19 bits per heavy atom. The number of aliphatic hydroxyl groups excluding tert-OH is 1. The van der Waals surface area contributed by atoms with Crippen LogP contribution >= 0.6 is 22.9 Å². The molecule has 2 N–H and O–H groups in total. The molecule has 13 heteroatoms. The molecule has 0 radical (unpaired) electrons. The van der Waals surface area contributed by atoms with E-state index in [0.717, 1.165) is 4.70 Å². The van der Waals surface area contributed by atoms with Crippen molar-refractivity contribution >= 4 is 60.7 Å². The van der Waals surface area contributed by atoms with Gasteiger partial charge in [0.25, 0.3) is 11.8 Å². The smallest absolute Gasteiger partial charge is 0.284 e. The lowest BCUT2D eigenvalue weighted by Gasteiger charge is -2.38. The summed E-state index contributed by atoms with van der Waals surface area (Å²) < 4.78 is 35.3. The van der Waals surface area contributed by atoms with Gasteiger partial charge in [-0.3, -0.25) is 9.59 Å². The largest absolute Gasteiger partial charge is 0.486 e. The third kappa shape index (κ3) is 6.38. The molecule has 2 amide bonds. The Morgan fingerprint density at radius 2 is 1.91 bits per heavy atom. The lowest BCUT2D eigenvalue weighted by atomic mass is 9.99. The summed E-state index contributed by atoms with van der Waals surface area (Å²) in [4.78, 5) is 33.1. The van der Waals surface area contributed by atoms with Crippen molar-refractivity contribution < 1.29 is 27.9 Å². The monoisotopic (exact) mass is 642 g/mol. The quantitative estimate of drug-likeness (QED) is 0.284. The second kappa shape index (κ2) is 12.6. The van der Waals surface area contributed by atoms with Crippen LogP contribution in [0.4, 0.5) is 5.69 Å². The fraction of sp³-hybridized carbons (Fsp3) is 0.300. The Balaban J connectivity index is 1.51. The number of amides is 2. The fourth-order valence-electron chi connectivity index (χ4n) is 4.84. The number of fused-ring (bicyclic) bond motifs is 2. The van der Waals surface area contributed by atoms with Crippen molar-refractivity contribution in [3.05, 3.63) is 82.3 Å². The molecule has 0 aliphatic carbocycles. The van der Waals surface area contributed by atoms with Crippen LogP contribution in [0.3, 0.4) is 0 Å². The minimum absolute atomic E-state index is 0.0543. The van der Waals surface area contributed by atoms with Gasteiger partial charge in [-0.1, -0.05) is 36.7 Å². The number of para-hydroxylation sites is 2. The van der Waals surface area contributed by atoms with E-state index in [9.17, 15) is 23.1 Å². The van der Waals surface area contributed by atoms with Gasteiger partial charge in [-0.15, -0.1) is 11.3 Å². The minimum atomic E-state index is -3.90. The number of hydrogen-bond donors (Lipinski definition) is 2. The Hall–Kier alpha value is -3.55. The van der Waals surface area contributed by atoms with Crippen LogP contribution in [-0.2, 0) is 10.0 Å². The van der Waals surface area contributed by atoms with Gasteiger partial charge in [0.1, 0.15) is 6.10 Å². The highest BCUT2D eigenvalue weighted by atomic mass is 35.5. The summed E-state index contributed by atoms with van der Waals surface area (Å²) in [6.07, 6.45) is -0.729. The van der Waals surface area contributed by atoms with Gasteiger partial charge in [0.15, 0.2) is 10.8 Å². The van der Waals surface area contributed by atoms with E-state index in [1.807, 2.05) is 31.2 Å². The first-order valence-corrected chi connectivity index (χ1v) is 16.2. The molecule has 1 aliphatic heterocycles. The first-order valence-electron chi connectivity index (χ1n) is 13.6. The molecule has 0 saturated heterocycles. The molecule has 2 heterocycles. The van der Waals surface area contributed by atoms with Crippen LogP contribution in [0.2, 0.25) is 5.02 Å². The van der Waals surface area contributed by atoms with Crippen molar-refractivity contribution in [2.24, 2.45) is 5.92 Å². The van der Waals surface area contributed by atoms with Gasteiger partial charge in [-0.25, -0.2) is 13.4 Å². The molecule has 4 aromatic rings. The van der Waals surface area contributed by atoms with Crippen LogP contribution in [0.5, 0.6) is 5.75 Å². The van der Waals surface area contributed by atoms with Gasteiger partial charge in [-0.05, 0) is 55.5 Å². The molecule has 5 rings (SSSR count). The topological polar surface area (TPSA) is 129 Å². The lowest BCUT2D eigenvalue weighted by Crippen LogP contribution is -2.50. The standard InChI is InChI=1S/C30H31ClN4O6S2/c1-18-15-35(19(2)17-36)30(38)22-7-6-9-24(32-28(37)29-33-23-8-4-5-10-26(23)42-29)27(22)41-25(18)16-34(3)43(39,40)21-13-11-20(31)12-14-21/h4-14,18-19,25,36H,15-17H2,1-3H3,(H,32,37)/t18-,19-,25-/m0/s1. The predicted octanol–water partition coefficient (Wildman–Crippen LogP) is 4.74. The lowest BCUT2D eigenvalue weighted by molar-refractivity contribution is 0.0388. The molecule has 3 atom stereocenters. The number of ether oxygens (including phenoxy) is 1. The zero-order chi connectivity index (χ0) is 30.9. The summed E-state index contributed by atoms with van der Waals surface area (Å²) in [6.45, 7) is 3.48. The fourth-order valence-corrected chi connectivity index (χ4v) is 7.01. The minimum Gasteiger partial charge on any atom is -0.486 e. The molecule has 0 bridgehead atoms. The molecule has 0 fully saturated rings. The zero-order valence-corrected chi connectivity index (χ0v) is 26.1. The SMILES string of the molecule is C[C@H]1CN([C@@H](C)CO)C(=O)c2cccc(NC(=O)c3nc4ccccc4s3)c2O[C@H]1CN(C)S(=O)(=O)c1ccc(Cl)cc1. The summed E-state index contributed by atoms with van der Waals surface area (Å²) in [5, 5.41) is 13.4. The van der Waals surface area contributed by atoms with Gasteiger partial charge in [0, 0.05) is 24.5 Å². The van der Waals surface area contributed by atoms with Crippen molar-refractivity contribution in [1.29, 1.82) is 0 Å². The summed E-state index contributed by atoms with van der Waals surface area (Å²) in [5.41, 5.74) is 1.12. The Morgan fingerprint density at radius 3 is 2.60 bits per heavy atom. The van der Waals surface area contributed by atoms with Crippen LogP contribution in [0, 0.1) is 5.92 Å². The number of aromatic nitrogens is 1. The van der Waals surface area contributed by atoms with E-state index in [1.54, 1.807) is 30.0 Å². The van der Waals surface area contributed by atoms with Crippen molar-refractivity contribution in [3.8, 4) is 5.75 Å². The van der Waals surface area contributed by atoms with Crippen molar-refractivity contribution in [2.75, 3.05) is 32.1 Å². The highest BCUT2D eigenvalue weighted by Gasteiger charge is 2.36. The van der Waals surface area contributed by atoms with Crippen LogP contribution in [0.15, 0.2) is 71.6 Å². The predicted molar refractivity (Wildman–Crippen MR) is 166 cm³/mol. The first-order chi connectivity index (χ1) is 20.5. The van der Waals surface area contributed by atoms with Crippen LogP contribution in [-0.4, -0.2) is 78.4 Å². The van der Waals surface area contributed by atoms with E-state index in [4.69, 9.17) is 16.3 Å². The number of thiazole rings is 1. The average molecular weight is 643 g/mol. The number of nitrogens with one attached hydrogen (secondary N) is 1. The number of hydrogen-bond acceptors (Lipinski definition) is 8. The van der Waals surface area contributed by atoms with Crippen molar-refractivity contribution in [2.45, 2.75) is 30.9 Å². The molecule has 0 spiro atoms. The van der Waals surface area contributed by atoms with Gasteiger partial charge in [0.05, 0.1) is 45.6 Å². The van der Waals surface area contributed by atoms with Gasteiger partial charge in [0.2, 0.25) is 10.0 Å². The first kappa shape index (κ1) is 30.9. The maximum Gasteiger partial charge on any atom is 0.284 e. The van der Waals surface area contributed by atoms with E-state index >= 15 is 0 Å². The second-order valence-electron chi connectivity index (χ2n) is 10.5. The Labute approximate surface area is 258 Å². The molecule has 0 saturated carbocycles. The number of carbonyl (C=O) groups excluding carboxylic acids is 2. The molecule has 43 heavy (non-hydrogen) atoms. The third-order valence-corrected chi connectivity index (χ3v) is 10.5. The molecule has 3 aromatic carbocycles. The summed E-state index contributed by atoms with van der Waals surface area (Å²) in [7, 11) is -2.44. The Kier molecular flexibility index (Phi) is 9.04. The summed E-state index contributed by atoms with van der Waals surface area (Å²) >= 11 is 7.20. The number of anilines is 1. The Bertz CT molecular complexity index is 1730. The molecule has 1 aromatic heterocycles. The van der Waals surface area contributed by atoms with Gasteiger partial charge < -0.3 is 20.1 Å². The summed E-state index contributed by atoms with van der Waals surface area (Å²) in [6, 6.07) is 17.6. The number of carbonyl (C=O) groups is 2. The van der Waals surface area contributed by atoms with Crippen molar-refractivity contribution in [3.63, 3.8) is 0 Å². The molecule has 226 valence electrons. The molecular formula is C30H31ClN4O6S2. The molecule has 10 nitrogen and oxygen atoms in total. The van der Waals surface area contributed by atoms with Gasteiger partial charge >= 0.3 is 0 Å². The number of rotatable bonds is 8. The second-order valence-corrected chi connectivity index (χ2v) is 14.0. The van der Waals surface area contributed by atoms with Crippen LogP contribution in [0.25, 0.3) is 10.2 Å². The van der Waals surface area contributed by atoms with E-state index < -0.39 is 28.1 Å². The third-order valence-electron chi connectivity index (χ3n) is 7.39. The number of sulfonamides is 1. The van der Waals surface area contributed by atoms with Crippen LogP contribution in [0.1, 0.15) is 34.0 Å². The van der Waals surface area contributed by atoms with Gasteiger partial charge in [-0.2, -0.15) is 4.31 Å². The maximum atomic E-state index is 13.8. The normalized spacial score (nSPS) is 18.1. The van der Waals surface area contributed by atoms with E-state index in [1.165, 1.54) is 47.0 Å². The highest BCUT2D eigenvalue weighted by Crippen LogP contribution is 2.36. The molecule has 1 aliphatic rings. The maximum absolute atomic E-state index is 13.8. The number of likely N-dealkylation sites (N-methyl/N-ethyl adjacent to an activating group) is 1. The van der Waals surface area contributed by atoms with E-state index in [2.05, 4.69) is 10.3 Å². The molecule has 0 unspecified atom stereocenters. The van der Waals surface area contributed by atoms with E-state index in [0.29, 0.717) is 10.5 Å².